The molecule has 27 heavy (non-hydrogen) atoms. The summed E-state index contributed by atoms with van der Waals surface area (Å²) in [5.41, 5.74) is 3.57. The topological polar surface area (TPSA) is 66.8 Å². The van der Waals surface area contributed by atoms with Gasteiger partial charge in [-0.2, -0.15) is 0 Å². The molecule has 0 aliphatic carbocycles. The second-order valence-electron chi connectivity index (χ2n) is 6.71. The molecule has 6 heteroatoms. The first-order valence-electron chi connectivity index (χ1n) is 9.23. The monoisotopic (exact) mass is 371 g/mol. The van der Waals surface area contributed by atoms with Crippen molar-refractivity contribution in [2.75, 3.05) is 13.4 Å². The van der Waals surface area contributed by atoms with Crippen LogP contribution < -0.4 is 9.47 Å². The summed E-state index contributed by atoms with van der Waals surface area (Å²) in [7, 11) is 0. The minimum Gasteiger partial charge on any atom is -0.457 e. The lowest BCUT2D eigenvalue weighted by Gasteiger charge is -2.08. The fourth-order valence-electron chi connectivity index (χ4n) is 3.29. The highest BCUT2D eigenvalue weighted by Crippen LogP contribution is 2.32. The van der Waals surface area contributed by atoms with E-state index in [1.807, 2.05) is 38.1 Å². The molecule has 0 spiro atoms. The molecule has 144 valence electrons. The van der Waals surface area contributed by atoms with Gasteiger partial charge in [0.15, 0.2) is 18.1 Å². The lowest BCUT2D eigenvalue weighted by atomic mass is 10.1. The summed E-state index contributed by atoms with van der Waals surface area (Å²) in [5, 5.41) is 0. The van der Waals surface area contributed by atoms with E-state index in [9.17, 15) is 9.59 Å². The van der Waals surface area contributed by atoms with Crippen LogP contribution in [0, 0.1) is 13.8 Å². The Morgan fingerprint density at radius 2 is 1.93 bits per heavy atom. The number of esters is 1. The van der Waals surface area contributed by atoms with Gasteiger partial charge in [-0.15, -0.1) is 0 Å². The number of nitrogens with zero attached hydrogens (tertiary/aromatic N) is 1. The molecular formula is C21H25NO5. The van der Waals surface area contributed by atoms with Crippen molar-refractivity contribution < 1.29 is 23.8 Å². The van der Waals surface area contributed by atoms with E-state index >= 15 is 0 Å². The lowest BCUT2D eigenvalue weighted by Crippen LogP contribution is -2.15. The molecule has 0 atom stereocenters. The number of hydrogen-bond acceptors (Lipinski definition) is 5. The molecule has 0 radical (unpaired) electrons. The first-order chi connectivity index (χ1) is 13.0. The standard InChI is InChI=1S/C21H25NO5/c1-4-9-22-14(2)10-17(15(22)3)18(23)12-25-21(24)8-6-16-5-7-19-20(11-16)27-13-26-19/h5,7,10-11H,4,6,8-9,12-13H2,1-3H3. The second kappa shape index (κ2) is 8.29. The van der Waals surface area contributed by atoms with Crippen molar-refractivity contribution in [2.24, 2.45) is 0 Å². The van der Waals surface area contributed by atoms with Crippen molar-refractivity contribution in [3.8, 4) is 11.5 Å². The highest BCUT2D eigenvalue weighted by atomic mass is 16.7. The molecule has 0 saturated heterocycles. The van der Waals surface area contributed by atoms with Crippen molar-refractivity contribution in [3.63, 3.8) is 0 Å². The minimum absolute atomic E-state index is 0.165. The van der Waals surface area contributed by atoms with Gasteiger partial charge in [0.1, 0.15) is 0 Å². The van der Waals surface area contributed by atoms with Gasteiger partial charge in [-0.25, -0.2) is 0 Å². The SMILES string of the molecule is CCCn1c(C)cc(C(=O)COC(=O)CCc2ccc3c(c2)OCO3)c1C. The molecule has 1 aromatic carbocycles. The van der Waals surface area contributed by atoms with Gasteiger partial charge < -0.3 is 18.8 Å². The predicted octanol–water partition coefficient (Wildman–Crippen LogP) is 3.60. The number of aromatic nitrogens is 1. The van der Waals surface area contributed by atoms with Gasteiger partial charge in [-0.1, -0.05) is 13.0 Å². The van der Waals surface area contributed by atoms with Crippen LogP contribution >= 0.6 is 0 Å². The zero-order valence-electron chi connectivity index (χ0n) is 16.0. The fraction of sp³-hybridized carbons (Fsp3) is 0.429. The number of ketones is 1. The summed E-state index contributed by atoms with van der Waals surface area (Å²) < 4.78 is 17.9. The van der Waals surface area contributed by atoms with Crippen LogP contribution in [0.15, 0.2) is 24.3 Å². The Morgan fingerprint density at radius 1 is 1.15 bits per heavy atom. The molecule has 1 aliphatic heterocycles. The molecule has 0 saturated carbocycles. The number of hydrogen-bond donors (Lipinski definition) is 0. The minimum atomic E-state index is -0.386. The van der Waals surface area contributed by atoms with Crippen molar-refractivity contribution in [1.82, 2.24) is 4.57 Å². The average molecular weight is 371 g/mol. The van der Waals surface area contributed by atoms with E-state index in [1.54, 1.807) is 0 Å². The average Bonchev–Trinajstić information content (AvgIpc) is 3.23. The first kappa shape index (κ1) is 19.0. The molecular weight excluding hydrogens is 346 g/mol. The molecule has 0 unspecified atom stereocenters. The normalized spacial score (nSPS) is 12.3. The van der Waals surface area contributed by atoms with Crippen LogP contribution in [-0.2, 0) is 22.5 Å². The second-order valence-corrected chi connectivity index (χ2v) is 6.71. The van der Waals surface area contributed by atoms with Crippen LogP contribution in [0.25, 0.3) is 0 Å². The maximum absolute atomic E-state index is 12.4. The van der Waals surface area contributed by atoms with Crippen LogP contribution in [-0.4, -0.2) is 29.7 Å². The summed E-state index contributed by atoms with van der Waals surface area (Å²) in [6.45, 7) is 6.88. The number of Topliss-reactive ketones (excluding diaryl/α,β-unsaturated/α-hetero) is 1. The van der Waals surface area contributed by atoms with Gasteiger partial charge in [0.2, 0.25) is 12.6 Å². The van der Waals surface area contributed by atoms with E-state index < -0.39 is 0 Å². The Hall–Kier alpha value is -2.76. The number of fused-ring (bicyclic) bond motifs is 1. The van der Waals surface area contributed by atoms with E-state index in [2.05, 4.69) is 11.5 Å². The van der Waals surface area contributed by atoms with Crippen molar-refractivity contribution in [1.29, 1.82) is 0 Å². The fourth-order valence-corrected chi connectivity index (χ4v) is 3.29. The van der Waals surface area contributed by atoms with Gasteiger partial charge in [-0.05, 0) is 50.5 Å². The van der Waals surface area contributed by atoms with Crippen LogP contribution in [0.5, 0.6) is 11.5 Å². The zero-order valence-corrected chi connectivity index (χ0v) is 16.0. The molecule has 2 aromatic rings. The Bertz CT molecular complexity index is 852. The largest absolute Gasteiger partial charge is 0.457 e. The van der Waals surface area contributed by atoms with E-state index in [0.717, 1.165) is 29.9 Å². The smallest absolute Gasteiger partial charge is 0.306 e. The van der Waals surface area contributed by atoms with Crippen LogP contribution in [0.2, 0.25) is 0 Å². The quantitative estimate of drug-likeness (QED) is 0.524. The number of carbonyl (C=O) groups excluding carboxylic acids is 2. The summed E-state index contributed by atoms with van der Waals surface area (Å²) in [5.74, 6) is 0.858. The van der Waals surface area contributed by atoms with Crippen LogP contribution in [0.3, 0.4) is 0 Å². The third-order valence-corrected chi connectivity index (χ3v) is 4.74. The third kappa shape index (κ3) is 4.32. The molecule has 0 amide bonds. The summed E-state index contributed by atoms with van der Waals surface area (Å²) in [4.78, 5) is 24.4. The lowest BCUT2D eigenvalue weighted by molar-refractivity contribution is -0.142. The van der Waals surface area contributed by atoms with Gasteiger partial charge >= 0.3 is 5.97 Å². The van der Waals surface area contributed by atoms with Crippen molar-refractivity contribution in [3.05, 3.63) is 46.8 Å². The maximum atomic E-state index is 12.4. The van der Waals surface area contributed by atoms with E-state index in [1.165, 1.54) is 0 Å². The van der Waals surface area contributed by atoms with Crippen LogP contribution in [0.1, 0.15) is 47.1 Å². The molecule has 3 rings (SSSR count). The number of aryl methyl sites for hydroxylation is 2. The molecule has 2 heterocycles. The zero-order chi connectivity index (χ0) is 19.4. The Balaban J connectivity index is 1.50. The Labute approximate surface area is 159 Å². The Morgan fingerprint density at radius 3 is 2.70 bits per heavy atom. The van der Waals surface area contributed by atoms with Gasteiger partial charge in [0, 0.05) is 29.9 Å². The highest BCUT2D eigenvalue weighted by Gasteiger charge is 2.18. The highest BCUT2D eigenvalue weighted by molar-refractivity contribution is 5.99. The number of ether oxygens (including phenoxy) is 3. The van der Waals surface area contributed by atoms with Gasteiger partial charge in [-0.3, -0.25) is 9.59 Å². The molecule has 0 N–H and O–H groups in total. The van der Waals surface area contributed by atoms with Gasteiger partial charge in [0.05, 0.1) is 0 Å². The number of carbonyl (C=O) groups is 2. The maximum Gasteiger partial charge on any atom is 0.306 e. The first-order valence-corrected chi connectivity index (χ1v) is 9.23. The van der Waals surface area contributed by atoms with E-state index in [0.29, 0.717) is 23.5 Å². The van der Waals surface area contributed by atoms with Crippen molar-refractivity contribution >= 4 is 11.8 Å². The van der Waals surface area contributed by atoms with E-state index in [-0.39, 0.29) is 31.6 Å². The molecule has 0 fully saturated rings. The summed E-state index contributed by atoms with van der Waals surface area (Å²) in [6, 6.07) is 7.46. The predicted molar refractivity (Wildman–Crippen MR) is 100 cm³/mol. The molecule has 6 nitrogen and oxygen atoms in total. The third-order valence-electron chi connectivity index (χ3n) is 4.74. The molecule has 1 aliphatic rings. The molecule has 1 aromatic heterocycles. The number of benzene rings is 1. The Kier molecular flexibility index (Phi) is 5.84. The van der Waals surface area contributed by atoms with Crippen LogP contribution in [0.4, 0.5) is 0 Å². The van der Waals surface area contributed by atoms with E-state index in [4.69, 9.17) is 14.2 Å². The van der Waals surface area contributed by atoms with Gasteiger partial charge in [0.25, 0.3) is 0 Å². The molecule has 0 bridgehead atoms. The summed E-state index contributed by atoms with van der Waals surface area (Å²) in [6.07, 6.45) is 1.73. The number of rotatable bonds is 8. The van der Waals surface area contributed by atoms with Crippen molar-refractivity contribution in [2.45, 2.75) is 46.6 Å². The summed E-state index contributed by atoms with van der Waals surface area (Å²) >= 11 is 0.